The van der Waals surface area contributed by atoms with Crippen LogP contribution in [0.3, 0.4) is 0 Å². The van der Waals surface area contributed by atoms with Gasteiger partial charge in [-0.05, 0) is 70.4 Å². The normalized spacial score (nSPS) is 11.7. The van der Waals surface area contributed by atoms with Gasteiger partial charge in [0.2, 0.25) is 9.84 Å². The van der Waals surface area contributed by atoms with Crippen LogP contribution < -0.4 is 9.47 Å². The van der Waals surface area contributed by atoms with Crippen molar-refractivity contribution in [3.63, 3.8) is 0 Å². The Kier molecular flexibility index (Phi) is 6.99. The van der Waals surface area contributed by atoms with Crippen LogP contribution in [0.5, 0.6) is 11.5 Å². The first-order valence-corrected chi connectivity index (χ1v) is 10.2. The van der Waals surface area contributed by atoms with Crippen molar-refractivity contribution in [2.24, 2.45) is 0 Å². The molecule has 0 aliphatic heterocycles. The van der Waals surface area contributed by atoms with Crippen LogP contribution in [0.1, 0.15) is 18.9 Å². The number of nitriles is 1. The fraction of sp³-hybridized carbons (Fsp3) is 0.211. The summed E-state index contributed by atoms with van der Waals surface area (Å²) in [5.74, 6) is 0.338. The molecule has 2 rings (SSSR count). The van der Waals surface area contributed by atoms with Gasteiger partial charge < -0.3 is 9.47 Å². The monoisotopic (exact) mass is 453 g/mol. The second kappa shape index (κ2) is 9.02. The number of ether oxygens (including phenoxy) is 2. The lowest BCUT2D eigenvalue weighted by atomic mass is 10.2. The summed E-state index contributed by atoms with van der Waals surface area (Å²) in [6.45, 7) is 2.46. The molecule has 0 bridgehead atoms. The molecule has 8 heteroatoms. The van der Waals surface area contributed by atoms with Gasteiger partial charge in [-0.2, -0.15) is 5.26 Å². The third-order valence-corrected chi connectivity index (χ3v) is 5.79. The summed E-state index contributed by atoms with van der Waals surface area (Å²) in [6, 6.07) is 9.20. The Labute approximate surface area is 166 Å². The Morgan fingerprint density at radius 3 is 2.52 bits per heavy atom. The van der Waals surface area contributed by atoms with Gasteiger partial charge in [-0.3, -0.25) is 0 Å². The smallest absolute Gasteiger partial charge is 0.216 e. The maximum absolute atomic E-state index is 13.1. The number of rotatable bonds is 7. The standard InChI is InChI=1S/C19H17BrFNO4S/c1-3-8-26-19-17(20)10-13(11-18(19)25-2)9-16(12-22)27(23,24)15-6-4-14(21)5-7-15/h4-7,9-11H,3,8H2,1-2H3. The Balaban J connectivity index is 2.50. The van der Waals surface area contributed by atoms with Crippen molar-refractivity contribution >= 4 is 31.8 Å². The molecule has 0 aromatic heterocycles. The summed E-state index contributed by atoms with van der Waals surface area (Å²) in [5.41, 5.74) is 0.435. The summed E-state index contributed by atoms with van der Waals surface area (Å²) in [7, 11) is -2.61. The first-order valence-electron chi connectivity index (χ1n) is 7.96. The summed E-state index contributed by atoms with van der Waals surface area (Å²) >= 11 is 3.38. The van der Waals surface area contributed by atoms with Gasteiger partial charge in [0, 0.05) is 0 Å². The molecule has 2 aromatic carbocycles. The number of methoxy groups -OCH3 is 1. The largest absolute Gasteiger partial charge is 0.493 e. The molecule has 0 aliphatic carbocycles. The minimum Gasteiger partial charge on any atom is -0.493 e. The Hall–Kier alpha value is -2.37. The van der Waals surface area contributed by atoms with Crippen LogP contribution in [0.25, 0.3) is 6.08 Å². The van der Waals surface area contributed by atoms with E-state index in [1.54, 1.807) is 18.2 Å². The molecule has 0 spiro atoms. The second-order valence-electron chi connectivity index (χ2n) is 5.46. The Morgan fingerprint density at radius 2 is 1.96 bits per heavy atom. The fourth-order valence-electron chi connectivity index (χ4n) is 2.23. The van der Waals surface area contributed by atoms with Crippen LogP contribution in [-0.4, -0.2) is 22.1 Å². The minimum absolute atomic E-state index is 0.161. The summed E-state index contributed by atoms with van der Waals surface area (Å²) in [5, 5.41) is 9.37. The van der Waals surface area contributed by atoms with Gasteiger partial charge in [-0.25, -0.2) is 12.8 Å². The van der Waals surface area contributed by atoms with Crippen LogP contribution >= 0.6 is 15.9 Å². The third-order valence-electron chi connectivity index (χ3n) is 3.52. The van der Waals surface area contributed by atoms with Gasteiger partial charge in [0.05, 0.1) is 23.1 Å². The highest BCUT2D eigenvalue weighted by Crippen LogP contribution is 2.37. The lowest BCUT2D eigenvalue weighted by Crippen LogP contribution is -2.04. The third kappa shape index (κ3) is 4.87. The first-order chi connectivity index (χ1) is 12.8. The molecule has 0 unspecified atom stereocenters. The summed E-state index contributed by atoms with van der Waals surface area (Å²) in [4.78, 5) is -0.629. The highest BCUT2D eigenvalue weighted by atomic mass is 79.9. The fourth-order valence-corrected chi connectivity index (χ4v) is 3.96. The van der Waals surface area contributed by atoms with Gasteiger partial charge in [-0.15, -0.1) is 0 Å². The van der Waals surface area contributed by atoms with Crippen molar-refractivity contribution in [1.29, 1.82) is 5.26 Å². The second-order valence-corrected chi connectivity index (χ2v) is 8.23. The molecule has 0 fully saturated rings. The quantitative estimate of drug-likeness (QED) is 0.447. The molecule has 0 aliphatic rings. The molecule has 5 nitrogen and oxygen atoms in total. The van der Waals surface area contributed by atoms with Crippen LogP contribution in [0.4, 0.5) is 4.39 Å². The van der Waals surface area contributed by atoms with E-state index in [0.717, 1.165) is 30.7 Å². The molecule has 0 amide bonds. The van der Waals surface area contributed by atoms with Gasteiger partial charge >= 0.3 is 0 Å². The number of hydrogen-bond donors (Lipinski definition) is 0. The van der Waals surface area contributed by atoms with Gasteiger partial charge in [0.15, 0.2) is 11.5 Å². The molecule has 0 N–H and O–H groups in total. The van der Waals surface area contributed by atoms with Crippen LogP contribution in [0.15, 0.2) is 50.7 Å². The highest BCUT2D eigenvalue weighted by Gasteiger charge is 2.21. The Morgan fingerprint density at radius 1 is 1.30 bits per heavy atom. The number of halogens is 2. The predicted octanol–water partition coefficient (Wildman–Crippen LogP) is 4.72. The average molecular weight is 454 g/mol. The maximum atomic E-state index is 13.1. The van der Waals surface area contributed by atoms with E-state index in [-0.39, 0.29) is 4.90 Å². The number of nitrogens with zero attached hydrogens (tertiary/aromatic N) is 1. The number of sulfone groups is 1. The van der Waals surface area contributed by atoms with Crippen LogP contribution in [0, 0.1) is 17.1 Å². The van der Waals surface area contributed by atoms with Crippen molar-refractivity contribution in [3.8, 4) is 17.6 Å². The van der Waals surface area contributed by atoms with Crippen molar-refractivity contribution in [3.05, 3.63) is 57.2 Å². The molecule has 142 valence electrons. The lowest BCUT2D eigenvalue weighted by molar-refractivity contribution is 0.292. The SMILES string of the molecule is CCCOc1c(Br)cc(C=C(C#N)S(=O)(=O)c2ccc(F)cc2)cc1OC. The number of benzene rings is 2. The molecule has 0 saturated carbocycles. The molecule has 0 radical (unpaired) electrons. The number of hydrogen-bond acceptors (Lipinski definition) is 5. The van der Waals surface area contributed by atoms with E-state index >= 15 is 0 Å². The van der Waals surface area contributed by atoms with E-state index in [1.165, 1.54) is 13.2 Å². The molecule has 0 atom stereocenters. The van der Waals surface area contributed by atoms with E-state index in [9.17, 15) is 18.1 Å². The van der Waals surface area contributed by atoms with E-state index in [2.05, 4.69) is 15.9 Å². The summed E-state index contributed by atoms with van der Waals surface area (Å²) < 4.78 is 49.8. The van der Waals surface area contributed by atoms with Crippen molar-refractivity contribution in [2.75, 3.05) is 13.7 Å². The van der Waals surface area contributed by atoms with Gasteiger partial charge in [0.1, 0.15) is 16.8 Å². The molecular formula is C19H17BrFNO4S. The van der Waals surface area contributed by atoms with Gasteiger partial charge in [-0.1, -0.05) is 6.92 Å². The highest BCUT2D eigenvalue weighted by molar-refractivity contribution is 9.10. The zero-order valence-electron chi connectivity index (χ0n) is 14.7. The zero-order valence-corrected chi connectivity index (χ0v) is 17.1. The molecule has 0 heterocycles. The molecular weight excluding hydrogens is 437 g/mol. The van der Waals surface area contributed by atoms with Crippen molar-refractivity contribution in [1.82, 2.24) is 0 Å². The molecule has 0 saturated heterocycles. The topological polar surface area (TPSA) is 76.4 Å². The zero-order chi connectivity index (χ0) is 20.0. The molecule has 27 heavy (non-hydrogen) atoms. The molecule has 2 aromatic rings. The minimum atomic E-state index is -4.08. The van der Waals surface area contributed by atoms with Crippen LogP contribution in [0.2, 0.25) is 0 Å². The Bertz CT molecular complexity index is 996. The van der Waals surface area contributed by atoms with E-state index in [0.29, 0.717) is 28.1 Å². The number of allylic oxidation sites excluding steroid dienone is 1. The first kappa shape index (κ1) is 20.9. The van der Waals surface area contributed by atoms with Crippen molar-refractivity contribution < 1.29 is 22.3 Å². The van der Waals surface area contributed by atoms with Crippen molar-refractivity contribution in [2.45, 2.75) is 18.2 Å². The predicted molar refractivity (Wildman–Crippen MR) is 104 cm³/mol. The van der Waals surface area contributed by atoms with E-state index in [1.807, 2.05) is 6.92 Å². The van der Waals surface area contributed by atoms with E-state index < -0.39 is 20.6 Å². The summed E-state index contributed by atoms with van der Waals surface area (Å²) in [6.07, 6.45) is 2.04. The van der Waals surface area contributed by atoms with Crippen LogP contribution in [-0.2, 0) is 9.84 Å². The maximum Gasteiger partial charge on any atom is 0.216 e. The van der Waals surface area contributed by atoms with Gasteiger partial charge in [0.25, 0.3) is 0 Å². The lowest BCUT2D eigenvalue weighted by Gasteiger charge is -2.13. The average Bonchev–Trinajstić information content (AvgIpc) is 2.65. The van der Waals surface area contributed by atoms with E-state index in [4.69, 9.17) is 9.47 Å².